The predicted octanol–water partition coefficient (Wildman–Crippen LogP) is 1.25. The van der Waals surface area contributed by atoms with E-state index in [9.17, 15) is 4.79 Å². The highest BCUT2D eigenvalue weighted by molar-refractivity contribution is 8.00. The Morgan fingerprint density at radius 2 is 2.28 bits per heavy atom. The number of aromatic nitrogens is 2. The van der Waals surface area contributed by atoms with E-state index in [-0.39, 0.29) is 16.7 Å². The summed E-state index contributed by atoms with van der Waals surface area (Å²) < 4.78 is 11.8. The van der Waals surface area contributed by atoms with Crippen LogP contribution in [0, 0.1) is 0 Å². The van der Waals surface area contributed by atoms with Crippen LogP contribution in [0.15, 0.2) is 16.1 Å². The van der Waals surface area contributed by atoms with Crippen molar-refractivity contribution in [2.45, 2.75) is 41.2 Å². The van der Waals surface area contributed by atoms with Crippen molar-refractivity contribution in [2.75, 3.05) is 13.2 Å². The van der Waals surface area contributed by atoms with Gasteiger partial charge >= 0.3 is 0 Å². The second-order valence-electron chi connectivity index (χ2n) is 5.00. The zero-order chi connectivity index (χ0) is 12.2. The first-order chi connectivity index (χ1) is 8.80. The Balaban J connectivity index is 1.80. The molecule has 1 saturated carbocycles. The monoisotopic (exact) mass is 266 g/mol. The summed E-state index contributed by atoms with van der Waals surface area (Å²) in [6.45, 7) is 1.31. The van der Waals surface area contributed by atoms with Gasteiger partial charge < -0.3 is 14.5 Å². The van der Waals surface area contributed by atoms with E-state index >= 15 is 0 Å². The van der Waals surface area contributed by atoms with Crippen molar-refractivity contribution in [3.63, 3.8) is 0 Å². The number of fused-ring (bicyclic) bond motifs is 4. The maximum absolute atomic E-state index is 12.0. The largest absolute Gasteiger partial charge is 0.346 e. The first-order valence-electron chi connectivity index (χ1n) is 6.32. The van der Waals surface area contributed by atoms with Crippen LogP contribution in [0.1, 0.15) is 30.7 Å². The van der Waals surface area contributed by atoms with Crippen LogP contribution in [0.5, 0.6) is 0 Å². The molecule has 0 amide bonds. The van der Waals surface area contributed by atoms with E-state index in [1.54, 1.807) is 11.8 Å². The van der Waals surface area contributed by atoms with Gasteiger partial charge in [-0.1, -0.05) is 11.8 Å². The van der Waals surface area contributed by atoms with Crippen LogP contribution in [-0.4, -0.2) is 34.2 Å². The van der Waals surface area contributed by atoms with Crippen molar-refractivity contribution in [3.8, 4) is 0 Å². The standard InChI is InChI=1S/C12H14N2O3S/c15-10-8-7-2-1-3-12(16-4-5-17-12)9(7)18-11(8)14-6-13-10/h6-7,9H,1-5H2,(H,13,14,15). The highest BCUT2D eigenvalue weighted by Crippen LogP contribution is 2.55. The van der Waals surface area contributed by atoms with Crippen LogP contribution in [0.25, 0.3) is 0 Å². The van der Waals surface area contributed by atoms with Gasteiger partial charge in [0.2, 0.25) is 0 Å². The summed E-state index contributed by atoms with van der Waals surface area (Å²) in [6, 6.07) is 0. The Morgan fingerprint density at radius 3 is 3.11 bits per heavy atom. The number of rotatable bonds is 0. The van der Waals surface area contributed by atoms with E-state index in [1.807, 2.05) is 0 Å². The molecule has 18 heavy (non-hydrogen) atoms. The number of thioether (sulfide) groups is 1. The maximum atomic E-state index is 12.0. The Morgan fingerprint density at radius 1 is 1.44 bits per heavy atom. The summed E-state index contributed by atoms with van der Waals surface area (Å²) in [7, 11) is 0. The molecule has 3 aliphatic rings. The molecule has 4 rings (SSSR count). The van der Waals surface area contributed by atoms with Gasteiger partial charge in [-0.2, -0.15) is 0 Å². The summed E-state index contributed by atoms with van der Waals surface area (Å²) in [5.74, 6) is -0.268. The van der Waals surface area contributed by atoms with Crippen LogP contribution in [0.4, 0.5) is 0 Å². The van der Waals surface area contributed by atoms with Gasteiger partial charge in [0.05, 0.1) is 30.4 Å². The van der Waals surface area contributed by atoms with Crippen LogP contribution < -0.4 is 5.56 Å². The molecular formula is C12H14N2O3S. The smallest absolute Gasteiger partial charge is 0.255 e. The molecule has 2 aliphatic heterocycles. The minimum atomic E-state index is -0.485. The predicted molar refractivity (Wildman–Crippen MR) is 65.7 cm³/mol. The van der Waals surface area contributed by atoms with Crippen LogP contribution in [-0.2, 0) is 9.47 Å². The van der Waals surface area contributed by atoms with Gasteiger partial charge in [-0.15, -0.1) is 0 Å². The summed E-state index contributed by atoms with van der Waals surface area (Å²) in [5.41, 5.74) is 0.834. The number of H-pyrrole nitrogens is 1. The molecule has 0 aromatic carbocycles. The van der Waals surface area contributed by atoms with Crippen molar-refractivity contribution < 1.29 is 9.47 Å². The molecule has 5 nitrogen and oxygen atoms in total. The Kier molecular flexibility index (Phi) is 2.34. The van der Waals surface area contributed by atoms with E-state index < -0.39 is 5.79 Å². The fourth-order valence-electron chi connectivity index (χ4n) is 3.35. The second kappa shape index (κ2) is 3.82. The first kappa shape index (κ1) is 11.0. The van der Waals surface area contributed by atoms with E-state index in [2.05, 4.69) is 9.97 Å². The minimum absolute atomic E-state index is 0.00459. The number of hydrogen-bond donors (Lipinski definition) is 1. The molecule has 6 heteroatoms. The van der Waals surface area contributed by atoms with Gasteiger partial charge in [0.15, 0.2) is 5.79 Å². The summed E-state index contributed by atoms with van der Waals surface area (Å²) in [6.07, 6.45) is 4.46. The molecule has 1 aromatic heterocycles. The third-order valence-electron chi connectivity index (χ3n) is 4.08. The lowest BCUT2D eigenvalue weighted by molar-refractivity contribution is -0.174. The molecule has 0 bridgehead atoms. The van der Waals surface area contributed by atoms with Crippen molar-refractivity contribution in [1.82, 2.24) is 9.97 Å². The molecule has 2 atom stereocenters. The number of aromatic amines is 1. The number of ether oxygens (including phenoxy) is 2. The fourth-order valence-corrected chi connectivity index (χ4v) is 4.95. The average molecular weight is 266 g/mol. The Bertz CT molecular complexity index is 538. The van der Waals surface area contributed by atoms with Crippen LogP contribution >= 0.6 is 11.8 Å². The Labute approximate surface area is 108 Å². The summed E-state index contributed by atoms with van der Waals surface area (Å²) in [4.78, 5) is 19.0. The average Bonchev–Trinajstić information content (AvgIpc) is 2.96. The fraction of sp³-hybridized carbons (Fsp3) is 0.667. The molecule has 1 saturated heterocycles. The highest BCUT2D eigenvalue weighted by Gasteiger charge is 2.55. The third kappa shape index (κ3) is 1.36. The molecule has 1 N–H and O–H groups in total. The molecule has 96 valence electrons. The molecular weight excluding hydrogens is 252 g/mol. The van der Waals surface area contributed by atoms with Gasteiger partial charge in [-0.25, -0.2) is 4.98 Å². The molecule has 2 fully saturated rings. The van der Waals surface area contributed by atoms with E-state index in [4.69, 9.17) is 9.47 Å². The summed E-state index contributed by atoms with van der Waals surface area (Å²) >= 11 is 1.65. The van der Waals surface area contributed by atoms with E-state index in [0.717, 1.165) is 29.9 Å². The van der Waals surface area contributed by atoms with Crippen molar-refractivity contribution in [2.24, 2.45) is 0 Å². The molecule has 3 heterocycles. The second-order valence-corrected chi connectivity index (χ2v) is 6.13. The molecule has 1 aromatic rings. The molecule has 0 radical (unpaired) electrons. The lowest BCUT2D eigenvalue weighted by Gasteiger charge is -2.40. The quantitative estimate of drug-likeness (QED) is 0.716. The number of hydrogen-bond acceptors (Lipinski definition) is 5. The molecule has 1 spiro atoms. The van der Waals surface area contributed by atoms with Crippen molar-refractivity contribution in [3.05, 3.63) is 22.2 Å². The van der Waals surface area contributed by atoms with Crippen molar-refractivity contribution in [1.29, 1.82) is 0 Å². The minimum Gasteiger partial charge on any atom is -0.346 e. The SMILES string of the molecule is O=c1[nH]cnc2c1C1CCCC3(OCCO3)C1S2. The van der Waals surface area contributed by atoms with Crippen molar-refractivity contribution >= 4 is 11.8 Å². The van der Waals surface area contributed by atoms with Gasteiger partial charge in [0, 0.05) is 12.3 Å². The van der Waals surface area contributed by atoms with Gasteiger partial charge in [-0.3, -0.25) is 4.79 Å². The van der Waals surface area contributed by atoms with E-state index in [1.165, 1.54) is 6.33 Å². The lowest BCUT2D eigenvalue weighted by atomic mass is 9.81. The normalized spacial score (nSPS) is 32.4. The van der Waals surface area contributed by atoms with Gasteiger partial charge in [0.1, 0.15) is 5.03 Å². The Hall–Kier alpha value is -0.850. The van der Waals surface area contributed by atoms with E-state index in [0.29, 0.717) is 13.2 Å². The number of nitrogens with one attached hydrogen (secondary N) is 1. The van der Waals surface area contributed by atoms with Gasteiger partial charge in [0.25, 0.3) is 5.56 Å². The maximum Gasteiger partial charge on any atom is 0.255 e. The lowest BCUT2D eigenvalue weighted by Crippen LogP contribution is -2.46. The number of nitrogens with zero attached hydrogens (tertiary/aromatic N) is 1. The van der Waals surface area contributed by atoms with Crippen LogP contribution in [0.2, 0.25) is 0 Å². The topological polar surface area (TPSA) is 64.2 Å². The van der Waals surface area contributed by atoms with Gasteiger partial charge in [-0.05, 0) is 12.8 Å². The summed E-state index contributed by atoms with van der Waals surface area (Å²) in [5, 5.41) is 1.04. The highest BCUT2D eigenvalue weighted by atomic mass is 32.2. The third-order valence-corrected chi connectivity index (χ3v) is 5.57. The zero-order valence-electron chi connectivity index (χ0n) is 9.85. The first-order valence-corrected chi connectivity index (χ1v) is 7.20. The molecule has 2 unspecified atom stereocenters. The van der Waals surface area contributed by atoms with Crippen LogP contribution in [0.3, 0.4) is 0 Å². The zero-order valence-corrected chi connectivity index (χ0v) is 10.7. The molecule has 1 aliphatic carbocycles.